The molecule has 190 valence electrons. The highest BCUT2D eigenvalue weighted by molar-refractivity contribution is 5.80. The highest BCUT2D eigenvalue weighted by Crippen LogP contribution is 2.32. The van der Waals surface area contributed by atoms with E-state index in [2.05, 4.69) is 19.1 Å². The molecule has 6 heteroatoms. The van der Waals surface area contributed by atoms with Crippen molar-refractivity contribution in [3.8, 4) is 0 Å². The molecule has 0 aromatic heterocycles. The normalized spacial score (nSPS) is 16.3. The van der Waals surface area contributed by atoms with Crippen LogP contribution < -0.4 is 0 Å². The van der Waals surface area contributed by atoms with Crippen molar-refractivity contribution in [2.75, 3.05) is 40.4 Å². The number of unbranched alkanes of at least 4 members (excludes halogenated alkanes) is 2. The molecule has 1 aromatic rings. The van der Waals surface area contributed by atoms with E-state index in [0.717, 1.165) is 74.9 Å². The maximum atomic E-state index is 13.6. The number of carbonyl (C=O) groups is 1. The number of likely N-dealkylation sites (tertiary alicyclic amines) is 1. The van der Waals surface area contributed by atoms with Crippen LogP contribution in [0.25, 0.3) is 5.57 Å². The molecular formula is C28H43FN2O3. The molecule has 1 heterocycles. The third kappa shape index (κ3) is 9.22. The Bertz CT molecular complexity index is 799. The summed E-state index contributed by atoms with van der Waals surface area (Å²) >= 11 is 0. The Morgan fingerprint density at radius 3 is 2.56 bits per heavy atom. The van der Waals surface area contributed by atoms with Crippen molar-refractivity contribution < 1.29 is 19.0 Å². The van der Waals surface area contributed by atoms with E-state index in [4.69, 9.17) is 4.74 Å². The lowest BCUT2D eigenvalue weighted by atomic mass is 9.87. The second kappa shape index (κ2) is 15.7. The van der Waals surface area contributed by atoms with Crippen LogP contribution in [0.2, 0.25) is 0 Å². The van der Waals surface area contributed by atoms with Gasteiger partial charge in [0.15, 0.2) is 0 Å². The van der Waals surface area contributed by atoms with Crippen molar-refractivity contribution in [1.29, 1.82) is 0 Å². The fraction of sp³-hybridized carbons (Fsp3) is 0.607. The van der Waals surface area contributed by atoms with Crippen LogP contribution in [-0.2, 0) is 4.74 Å². The number of ether oxygens (including phenoxy) is 1. The zero-order valence-corrected chi connectivity index (χ0v) is 21.3. The van der Waals surface area contributed by atoms with Gasteiger partial charge in [-0.2, -0.15) is 0 Å². The first kappa shape index (κ1) is 28.1. The molecule has 0 spiro atoms. The zero-order chi connectivity index (χ0) is 24.8. The van der Waals surface area contributed by atoms with E-state index in [9.17, 15) is 14.3 Å². The van der Waals surface area contributed by atoms with Gasteiger partial charge in [-0.3, -0.25) is 0 Å². The van der Waals surface area contributed by atoms with Gasteiger partial charge in [-0.15, -0.1) is 0 Å². The van der Waals surface area contributed by atoms with Crippen LogP contribution >= 0.6 is 0 Å². The molecule has 1 aliphatic carbocycles. The Morgan fingerprint density at radius 2 is 1.91 bits per heavy atom. The standard InChI is InChI=1S/C23H31FN2O2.C5H12O/c1-25(23(28)26-15-6-7-16-26)14-5-4-13-22(27)21-12-3-2-11-20(21)18-9-8-10-19(24)17-18;1-3-4-5-6-2/h8-12,17,22,27H,2-7,13-16H2,1H3;3-5H2,1-2H3. The van der Waals surface area contributed by atoms with E-state index in [1.807, 2.05) is 18.0 Å². The summed E-state index contributed by atoms with van der Waals surface area (Å²) in [5.74, 6) is -0.261. The number of halogens is 1. The lowest BCUT2D eigenvalue weighted by Crippen LogP contribution is -2.39. The number of carbonyl (C=O) groups excluding carboxylic acids is 1. The van der Waals surface area contributed by atoms with Crippen molar-refractivity contribution in [3.63, 3.8) is 0 Å². The number of aliphatic hydroxyl groups excluding tert-OH is 1. The Morgan fingerprint density at radius 1 is 1.18 bits per heavy atom. The quantitative estimate of drug-likeness (QED) is 0.421. The maximum absolute atomic E-state index is 13.6. The van der Waals surface area contributed by atoms with E-state index in [1.165, 1.54) is 25.0 Å². The highest BCUT2D eigenvalue weighted by atomic mass is 19.1. The minimum Gasteiger partial charge on any atom is -0.388 e. The van der Waals surface area contributed by atoms with Gasteiger partial charge >= 0.3 is 6.03 Å². The number of hydrogen-bond donors (Lipinski definition) is 1. The van der Waals surface area contributed by atoms with Gasteiger partial charge in [0, 0.05) is 40.4 Å². The molecular weight excluding hydrogens is 431 g/mol. The molecule has 34 heavy (non-hydrogen) atoms. The number of urea groups is 1. The molecule has 1 aromatic carbocycles. The number of aliphatic hydroxyl groups is 1. The molecule has 2 aliphatic rings. The minimum absolute atomic E-state index is 0.115. The first-order valence-electron chi connectivity index (χ1n) is 12.8. The van der Waals surface area contributed by atoms with Gasteiger partial charge in [-0.05, 0) is 80.2 Å². The van der Waals surface area contributed by atoms with E-state index in [1.54, 1.807) is 18.1 Å². The average molecular weight is 475 g/mol. The SMILES string of the molecule is CCCCOC.CN(CCCCC(O)C1=CCCC=C1c1cccc(F)c1)C(=O)N1CCCC1. The van der Waals surface area contributed by atoms with Crippen LogP contribution in [0.3, 0.4) is 0 Å². The van der Waals surface area contributed by atoms with Gasteiger partial charge in [0.25, 0.3) is 0 Å². The number of methoxy groups -OCH3 is 1. The van der Waals surface area contributed by atoms with Crippen molar-refractivity contribution in [3.05, 3.63) is 53.4 Å². The van der Waals surface area contributed by atoms with Gasteiger partial charge < -0.3 is 19.6 Å². The van der Waals surface area contributed by atoms with Gasteiger partial charge in [0.05, 0.1) is 6.10 Å². The topological polar surface area (TPSA) is 53.0 Å². The number of allylic oxidation sites excluding steroid dienone is 2. The lowest BCUT2D eigenvalue weighted by molar-refractivity contribution is 0.170. The summed E-state index contributed by atoms with van der Waals surface area (Å²) < 4.78 is 18.4. The average Bonchev–Trinajstić information content (AvgIpc) is 3.40. The third-order valence-electron chi connectivity index (χ3n) is 6.31. The minimum atomic E-state index is -0.561. The third-order valence-corrected chi connectivity index (χ3v) is 6.31. The molecule has 2 amide bonds. The fourth-order valence-electron chi connectivity index (χ4n) is 4.33. The smallest absolute Gasteiger partial charge is 0.319 e. The summed E-state index contributed by atoms with van der Waals surface area (Å²) in [6, 6.07) is 6.67. The van der Waals surface area contributed by atoms with Crippen LogP contribution in [0.1, 0.15) is 70.3 Å². The molecule has 5 nitrogen and oxygen atoms in total. The molecule has 0 saturated carbocycles. The number of benzene rings is 1. The van der Waals surface area contributed by atoms with Crippen molar-refractivity contribution in [2.45, 2.75) is 70.8 Å². The second-order valence-electron chi connectivity index (χ2n) is 9.12. The molecule has 1 saturated heterocycles. The van der Waals surface area contributed by atoms with Crippen molar-refractivity contribution in [1.82, 2.24) is 9.80 Å². The number of nitrogens with zero attached hydrogens (tertiary/aromatic N) is 2. The molecule has 1 N–H and O–H groups in total. The van der Waals surface area contributed by atoms with Crippen molar-refractivity contribution in [2.24, 2.45) is 0 Å². The molecule has 1 atom stereocenters. The molecule has 1 unspecified atom stereocenters. The van der Waals surface area contributed by atoms with E-state index >= 15 is 0 Å². The Kier molecular flexibility index (Phi) is 12.9. The number of amides is 2. The van der Waals surface area contributed by atoms with Crippen LogP contribution in [0.15, 0.2) is 42.0 Å². The van der Waals surface area contributed by atoms with Gasteiger partial charge in [0.2, 0.25) is 0 Å². The van der Waals surface area contributed by atoms with E-state index in [0.29, 0.717) is 13.0 Å². The molecule has 3 rings (SSSR count). The summed E-state index contributed by atoms with van der Waals surface area (Å²) in [7, 11) is 3.58. The molecule has 0 bridgehead atoms. The lowest BCUT2D eigenvalue weighted by Gasteiger charge is -2.25. The fourth-order valence-corrected chi connectivity index (χ4v) is 4.33. The van der Waals surface area contributed by atoms with E-state index < -0.39 is 6.10 Å². The highest BCUT2D eigenvalue weighted by Gasteiger charge is 2.22. The predicted molar refractivity (Wildman–Crippen MR) is 137 cm³/mol. The van der Waals surface area contributed by atoms with Gasteiger partial charge in [-0.25, -0.2) is 9.18 Å². The monoisotopic (exact) mass is 474 g/mol. The van der Waals surface area contributed by atoms with Gasteiger partial charge in [0.1, 0.15) is 5.82 Å². The molecule has 1 aliphatic heterocycles. The van der Waals surface area contributed by atoms with Crippen LogP contribution in [0.5, 0.6) is 0 Å². The number of rotatable bonds is 10. The largest absolute Gasteiger partial charge is 0.388 e. The first-order chi connectivity index (χ1) is 16.5. The Labute approximate surface area is 205 Å². The molecule has 0 radical (unpaired) electrons. The van der Waals surface area contributed by atoms with E-state index in [-0.39, 0.29) is 11.8 Å². The van der Waals surface area contributed by atoms with Crippen molar-refractivity contribution >= 4 is 11.6 Å². The zero-order valence-electron chi connectivity index (χ0n) is 21.3. The van der Waals surface area contributed by atoms with Crippen LogP contribution in [0, 0.1) is 5.82 Å². The summed E-state index contributed by atoms with van der Waals surface area (Å²) in [5.41, 5.74) is 2.67. The molecule has 1 fully saturated rings. The summed E-state index contributed by atoms with van der Waals surface area (Å²) in [6.07, 6.45) is 12.4. The number of hydrogen-bond acceptors (Lipinski definition) is 3. The summed E-state index contributed by atoms with van der Waals surface area (Å²) in [6.45, 7) is 5.50. The summed E-state index contributed by atoms with van der Waals surface area (Å²) in [4.78, 5) is 16.0. The summed E-state index contributed by atoms with van der Waals surface area (Å²) in [5, 5.41) is 10.7. The van der Waals surface area contributed by atoms with Crippen LogP contribution in [0.4, 0.5) is 9.18 Å². The maximum Gasteiger partial charge on any atom is 0.319 e. The Hall–Kier alpha value is -2.18. The first-order valence-corrected chi connectivity index (χ1v) is 12.8. The second-order valence-corrected chi connectivity index (χ2v) is 9.12. The van der Waals surface area contributed by atoms with Gasteiger partial charge in [-0.1, -0.05) is 37.6 Å². The Balaban J connectivity index is 0.000000604. The predicted octanol–water partition coefficient (Wildman–Crippen LogP) is 6.04. The van der Waals surface area contributed by atoms with Crippen LogP contribution in [-0.4, -0.2) is 67.4 Å².